The number of hydrogen-bond donors (Lipinski definition) is 0. The molecule has 0 fully saturated rings. The Bertz CT molecular complexity index is 1490. The van der Waals surface area contributed by atoms with Crippen LogP contribution in [0.2, 0.25) is 0 Å². The van der Waals surface area contributed by atoms with Gasteiger partial charge in [0.2, 0.25) is 0 Å². The van der Waals surface area contributed by atoms with Gasteiger partial charge in [0.1, 0.15) is 13.2 Å². The maximum Gasteiger partial charge on any atom is 0.306 e. The summed E-state index contributed by atoms with van der Waals surface area (Å²) in [6.45, 7) is 6.43. The summed E-state index contributed by atoms with van der Waals surface area (Å²) in [5.41, 5.74) is 0. The molecule has 6 nitrogen and oxygen atoms in total. The predicted octanol–water partition coefficient (Wildman–Crippen LogP) is 22.0. The maximum absolute atomic E-state index is 12.9. The van der Waals surface area contributed by atoms with E-state index in [0.717, 1.165) is 116 Å². The summed E-state index contributed by atoms with van der Waals surface area (Å²) in [6, 6.07) is 0. The van der Waals surface area contributed by atoms with Gasteiger partial charge in [-0.3, -0.25) is 14.4 Å². The van der Waals surface area contributed by atoms with E-state index in [1.54, 1.807) is 0 Å². The van der Waals surface area contributed by atoms with Crippen LogP contribution in [0, 0.1) is 0 Å². The molecule has 1 atom stereocenters. The quantitative estimate of drug-likeness (QED) is 0.0261. The van der Waals surface area contributed by atoms with Gasteiger partial charge in [-0.15, -0.1) is 0 Å². The first-order valence-electron chi connectivity index (χ1n) is 32.2. The summed E-state index contributed by atoms with van der Waals surface area (Å²) in [5.74, 6) is -0.893. The molecule has 0 radical (unpaired) electrons. The first-order valence-corrected chi connectivity index (χ1v) is 32.2. The van der Waals surface area contributed by atoms with Crippen LogP contribution in [0.1, 0.15) is 310 Å². The first kappa shape index (κ1) is 72.3. The van der Waals surface area contributed by atoms with Gasteiger partial charge in [-0.05, 0) is 116 Å². The molecule has 436 valence electrons. The second-order valence-corrected chi connectivity index (χ2v) is 21.3. The van der Waals surface area contributed by atoms with E-state index in [1.807, 2.05) is 0 Å². The van der Waals surface area contributed by atoms with Crippen LogP contribution in [0.3, 0.4) is 0 Å². The Hall–Kier alpha value is -3.67. The van der Waals surface area contributed by atoms with Crippen molar-refractivity contribution in [3.8, 4) is 0 Å². The van der Waals surface area contributed by atoms with E-state index < -0.39 is 6.10 Å². The van der Waals surface area contributed by atoms with Gasteiger partial charge in [0.15, 0.2) is 6.10 Å². The van der Waals surface area contributed by atoms with E-state index in [-0.39, 0.29) is 31.1 Å². The lowest BCUT2D eigenvalue weighted by atomic mass is 10.0. The number of unbranched alkanes of at least 4 members (excludes halogenated alkanes) is 31. The molecule has 0 saturated carbocycles. The average Bonchev–Trinajstić information content (AvgIpc) is 3.42. The number of ether oxygens (including phenoxy) is 3. The Balaban J connectivity index is 4.35. The van der Waals surface area contributed by atoms with Crippen LogP contribution < -0.4 is 0 Å². The molecule has 0 aliphatic rings. The first-order chi connectivity index (χ1) is 37.5. The molecule has 76 heavy (non-hydrogen) atoms. The van der Waals surface area contributed by atoms with Crippen LogP contribution in [0.5, 0.6) is 0 Å². The Labute approximate surface area is 470 Å². The summed E-state index contributed by atoms with van der Waals surface area (Å²) in [6.07, 6.45) is 85.5. The number of hydrogen-bond acceptors (Lipinski definition) is 6. The highest BCUT2D eigenvalue weighted by atomic mass is 16.6. The third-order valence-electron chi connectivity index (χ3n) is 13.8. The maximum atomic E-state index is 12.9. The van der Waals surface area contributed by atoms with E-state index in [0.29, 0.717) is 19.3 Å². The van der Waals surface area contributed by atoms with E-state index in [9.17, 15) is 14.4 Å². The average molecular weight is 1060 g/mol. The van der Waals surface area contributed by atoms with E-state index >= 15 is 0 Å². The van der Waals surface area contributed by atoms with Crippen LogP contribution in [-0.4, -0.2) is 37.2 Å². The van der Waals surface area contributed by atoms with Gasteiger partial charge in [-0.2, -0.15) is 0 Å². The van der Waals surface area contributed by atoms with Crippen molar-refractivity contribution in [1.82, 2.24) is 0 Å². The lowest BCUT2D eigenvalue weighted by Crippen LogP contribution is -2.30. The number of allylic oxidation sites excluding steroid dienone is 16. The predicted molar refractivity (Wildman–Crippen MR) is 330 cm³/mol. The lowest BCUT2D eigenvalue weighted by Gasteiger charge is -2.18. The summed E-state index contributed by atoms with van der Waals surface area (Å²) in [5, 5.41) is 0. The minimum absolute atomic E-state index is 0.0842. The molecule has 0 amide bonds. The Morgan fingerprint density at radius 2 is 0.513 bits per heavy atom. The standard InChI is InChI=1S/C70H120O6/c1-4-7-10-13-16-19-22-25-28-31-32-33-34-35-36-37-38-40-42-45-48-51-54-57-60-63-69(72)75-66-67(65-74-68(71)62-59-56-53-50-47-44-41-30-27-24-21-18-15-12-9-6-3)76-70(73)64-61-58-55-52-49-46-43-39-29-26-23-20-17-14-11-8-5-2/h7-8,10-11,16-17,19-20,25-26,28-30,32-33,41,67H,4-6,9,12-15,18,21-24,27,31,34-40,42-66H2,1-3H3/b10-7-,11-8-,19-16-,20-17-,28-25-,29-26-,33-32-,41-30-. The van der Waals surface area contributed by atoms with Gasteiger partial charge in [-0.25, -0.2) is 0 Å². The number of rotatable bonds is 58. The van der Waals surface area contributed by atoms with Crippen molar-refractivity contribution in [2.75, 3.05) is 13.2 Å². The molecule has 0 spiro atoms. The van der Waals surface area contributed by atoms with Gasteiger partial charge >= 0.3 is 17.9 Å². The van der Waals surface area contributed by atoms with Crippen LogP contribution in [0.4, 0.5) is 0 Å². The number of carbonyl (C=O) groups excluding carboxylic acids is 3. The molecular formula is C70H120O6. The molecule has 0 aliphatic heterocycles. The number of esters is 3. The minimum atomic E-state index is -0.789. The second kappa shape index (κ2) is 63.9. The van der Waals surface area contributed by atoms with Crippen molar-refractivity contribution in [3.63, 3.8) is 0 Å². The van der Waals surface area contributed by atoms with Gasteiger partial charge in [0.25, 0.3) is 0 Å². The fourth-order valence-electron chi connectivity index (χ4n) is 9.03. The van der Waals surface area contributed by atoms with Gasteiger partial charge in [-0.1, -0.05) is 272 Å². The highest BCUT2D eigenvalue weighted by Gasteiger charge is 2.19. The highest BCUT2D eigenvalue weighted by Crippen LogP contribution is 2.16. The summed E-state index contributed by atoms with van der Waals surface area (Å²) < 4.78 is 16.9. The number of carbonyl (C=O) groups is 3. The highest BCUT2D eigenvalue weighted by molar-refractivity contribution is 5.71. The fraction of sp³-hybridized carbons (Fsp3) is 0.729. The molecule has 0 rings (SSSR count). The third-order valence-corrected chi connectivity index (χ3v) is 13.8. The van der Waals surface area contributed by atoms with Crippen LogP contribution in [0.15, 0.2) is 97.2 Å². The van der Waals surface area contributed by atoms with Crippen molar-refractivity contribution in [2.24, 2.45) is 0 Å². The molecule has 0 saturated heterocycles. The molecule has 0 aromatic rings. The van der Waals surface area contributed by atoms with Crippen molar-refractivity contribution in [3.05, 3.63) is 97.2 Å². The molecule has 0 aromatic heterocycles. The zero-order valence-electron chi connectivity index (χ0n) is 50.0. The summed E-state index contributed by atoms with van der Waals surface area (Å²) >= 11 is 0. The summed E-state index contributed by atoms with van der Waals surface area (Å²) in [7, 11) is 0. The molecule has 0 aromatic carbocycles. The van der Waals surface area contributed by atoms with Gasteiger partial charge in [0.05, 0.1) is 0 Å². The van der Waals surface area contributed by atoms with Crippen LogP contribution in [0.25, 0.3) is 0 Å². The molecule has 0 heterocycles. The molecule has 0 aliphatic carbocycles. The molecule has 6 heteroatoms. The van der Waals surface area contributed by atoms with Gasteiger partial charge in [0, 0.05) is 19.3 Å². The molecule has 1 unspecified atom stereocenters. The van der Waals surface area contributed by atoms with Crippen molar-refractivity contribution < 1.29 is 28.6 Å². The molecule has 0 bridgehead atoms. The van der Waals surface area contributed by atoms with Crippen molar-refractivity contribution >= 4 is 17.9 Å². The van der Waals surface area contributed by atoms with Crippen LogP contribution in [-0.2, 0) is 28.6 Å². The van der Waals surface area contributed by atoms with Crippen LogP contribution >= 0.6 is 0 Å². The fourth-order valence-corrected chi connectivity index (χ4v) is 9.03. The minimum Gasteiger partial charge on any atom is -0.462 e. The molecular weight excluding hydrogens is 937 g/mol. The normalized spacial score (nSPS) is 12.7. The lowest BCUT2D eigenvalue weighted by molar-refractivity contribution is -0.167. The zero-order chi connectivity index (χ0) is 55.0. The SMILES string of the molecule is CC/C=C\C/C=C\C/C=C\C/C=C\CCCCCCCCCCCCCCC(=O)OCC(COC(=O)CCCCCCC/C=C\CCCCCCCCC)OC(=O)CCCCCCCCC/C=C\C/C=C\C/C=C\CC. The second-order valence-electron chi connectivity index (χ2n) is 21.3. The van der Waals surface area contributed by atoms with Crippen molar-refractivity contribution in [1.29, 1.82) is 0 Å². The van der Waals surface area contributed by atoms with E-state index in [2.05, 4.69) is 118 Å². The van der Waals surface area contributed by atoms with E-state index in [4.69, 9.17) is 14.2 Å². The zero-order valence-corrected chi connectivity index (χ0v) is 50.0. The molecule has 0 N–H and O–H groups in total. The topological polar surface area (TPSA) is 78.9 Å². The van der Waals surface area contributed by atoms with Gasteiger partial charge < -0.3 is 14.2 Å². The largest absolute Gasteiger partial charge is 0.462 e. The Morgan fingerprint density at radius 3 is 0.816 bits per heavy atom. The monoisotopic (exact) mass is 1060 g/mol. The third kappa shape index (κ3) is 61.2. The Kier molecular flexibility index (Phi) is 60.8. The van der Waals surface area contributed by atoms with Crippen molar-refractivity contribution in [2.45, 2.75) is 316 Å². The smallest absolute Gasteiger partial charge is 0.306 e. The van der Waals surface area contributed by atoms with E-state index in [1.165, 1.54) is 154 Å². The Morgan fingerprint density at radius 1 is 0.276 bits per heavy atom. The summed E-state index contributed by atoms with van der Waals surface area (Å²) in [4.78, 5) is 38.3.